The van der Waals surface area contributed by atoms with Crippen LogP contribution in [0, 0.1) is 0 Å². The molecule has 1 aliphatic rings. The van der Waals surface area contributed by atoms with Gasteiger partial charge in [0, 0.05) is 10.7 Å². The molecule has 3 N–H and O–H groups in total. The molecule has 2 aromatic rings. The molecule has 0 fully saturated rings. The van der Waals surface area contributed by atoms with Crippen LogP contribution < -0.4 is 5.73 Å². The maximum atomic E-state index is 10.2. The fourth-order valence-electron chi connectivity index (χ4n) is 2.22. The van der Waals surface area contributed by atoms with Gasteiger partial charge in [0.25, 0.3) is 0 Å². The summed E-state index contributed by atoms with van der Waals surface area (Å²) in [5.41, 5.74) is 10.1. The van der Waals surface area contributed by atoms with Gasteiger partial charge in [-0.3, -0.25) is 0 Å². The highest BCUT2D eigenvalue weighted by molar-refractivity contribution is 6.31. The fourth-order valence-corrected chi connectivity index (χ4v) is 2.39. The van der Waals surface area contributed by atoms with E-state index in [4.69, 9.17) is 17.3 Å². The number of aliphatic hydroxyl groups excluding tert-OH is 1. The third kappa shape index (κ3) is 1.24. The van der Waals surface area contributed by atoms with E-state index in [0.29, 0.717) is 10.7 Å². The Balaban J connectivity index is 2.31. The van der Waals surface area contributed by atoms with Crippen molar-refractivity contribution in [2.45, 2.75) is 6.10 Å². The quantitative estimate of drug-likeness (QED) is 0.685. The fraction of sp³-hybridized carbons (Fsp3) is 0.0769. The number of aliphatic hydroxyl groups is 1. The van der Waals surface area contributed by atoms with Gasteiger partial charge in [0.15, 0.2) is 0 Å². The van der Waals surface area contributed by atoms with E-state index in [0.717, 1.165) is 22.3 Å². The summed E-state index contributed by atoms with van der Waals surface area (Å²) in [4.78, 5) is 0. The Morgan fingerprint density at radius 2 is 1.81 bits per heavy atom. The molecular formula is C13H10ClNO. The second kappa shape index (κ2) is 3.24. The van der Waals surface area contributed by atoms with E-state index in [1.165, 1.54) is 0 Å². The number of rotatable bonds is 0. The molecular weight excluding hydrogens is 222 g/mol. The van der Waals surface area contributed by atoms with Crippen molar-refractivity contribution in [2.24, 2.45) is 0 Å². The normalized spacial score (nSPS) is 17.0. The molecule has 0 spiro atoms. The number of halogens is 1. The number of hydrogen-bond donors (Lipinski definition) is 2. The molecule has 16 heavy (non-hydrogen) atoms. The van der Waals surface area contributed by atoms with Crippen LogP contribution in [0.15, 0.2) is 36.4 Å². The Labute approximate surface area is 98.3 Å². The summed E-state index contributed by atoms with van der Waals surface area (Å²) in [5, 5.41) is 10.8. The van der Waals surface area contributed by atoms with E-state index in [-0.39, 0.29) is 0 Å². The Hall–Kier alpha value is -1.51. The molecule has 2 aromatic carbocycles. The lowest BCUT2D eigenvalue weighted by atomic mass is 10.1. The summed E-state index contributed by atoms with van der Waals surface area (Å²) in [6.45, 7) is 0. The topological polar surface area (TPSA) is 46.2 Å². The van der Waals surface area contributed by atoms with Gasteiger partial charge in [0.1, 0.15) is 6.10 Å². The molecule has 3 rings (SSSR count). The van der Waals surface area contributed by atoms with Crippen molar-refractivity contribution in [1.82, 2.24) is 0 Å². The Kier molecular flexibility index (Phi) is 1.96. The second-order valence-corrected chi connectivity index (χ2v) is 4.42. The molecule has 0 aromatic heterocycles. The molecule has 2 nitrogen and oxygen atoms in total. The van der Waals surface area contributed by atoms with Crippen molar-refractivity contribution >= 4 is 17.3 Å². The minimum atomic E-state index is -0.592. The third-order valence-electron chi connectivity index (χ3n) is 2.97. The van der Waals surface area contributed by atoms with E-state index < -0.39 is 6.10 Å². The first-order valence-electron chi connectivity index (χ1n) is 5.04. The molecule has 0 saturated carbocycles. The molecule has 80 valence electrons. The monoisotopic (exact) mass is 231 g/mol. The van der Waals surface area contributed by atoms with E-state index >= 15 is 0 Å². The van der Waals surface area contributed by atoms with E-state index in [9.17, 15) is 5.11 Å². The zero-order chi connectivity index (χ0) is 11.3. The van der Waals surface area contributed by atoms with Gasteiger partial charge in [-0.05, 0) is 46.5 Å². The number of nitrogen functional groups attached to an aromatic ring is 1. The number of anilines is 1. The number of benzene rings is 2. The molecule has 0 amide bonds. The van der Waals surface area contributed by atoms with Gasteiger partial charge < -0.3 is 10.8 Å². The number of fused-ring (bicyclic) bond motifs is 3. The van der Waals surface area contributed by atoms with Crippen LogP contribution in [0.1, 0.15) is 17.2 Å². The Morgan fingerprint density at radius 3 is 2.62 bits per heavy atom. The highest BCUT2D eigenvalue weighted by atomic mass is 35.5. The summed E-state index contributed by atoms with van der Waals surface area (Å²) in [5.74, 6) is 0. The molecule has 1 unspecified atom stereocenters. The van der Waals surface area contributed by atoms with Crippen LogP contribution in [0.3, 0.4) is 0 Å². The van der Waals surface area contributed by atoms with Gasteiger partial charge in [-0.25, -0.2) is 0 Å². The predicted molar refractivity (Wildman–Crippen MR) is 65.4 cm³/mol. The van der Waals surface area contributed by atoms with Crippen LogP contribution in [0.2, 0.25) is 5.02 Å². The van der Waals surface area contributed by atoms with Crippen molar-refractivity contribution in [1.29, 1.82) is 0 Å². The molecule has 0 aliphatic heterocycles. The first-order chi connectivity index (χ1) is 7.66. The Morgan fingerprint density at radius 1 is 1.00 bits per heavy atom. The highest BCUT2D eigenvalue weighted by Crippen LogP contribution is 2.44. The molecule has 1 atom stereocenters. The van der Waals surface area contributed by atoms with Gasteiger partial charge in [0.05, 0.1) is 0 Å². The van der Waals surface area contributed by atoms with E-state index in [1.807, 2.05) is 30.3 Å². The van der Waals surface area contributed by atoms with E-state index in [2.05, 4.69) is 0 Å². The summed E-state index contributed by atoms with van der Waals surface area (Å²) < 4.78 is 0. The van der Waals surface area contributed by atoms with Crippen LogP contribution in [0.5, 0.6) is 0 Å². The van der Waals surface area contributed by atoms with Crippen molar-refractivity contribution in [3.8, 4) is 11.1 Å². The lowest BCUT2D eigenvalue weighted by Crippen LogP contribution is -1.94. The largest absolute Gasteiger partial charge is 0.399 e. The highest BCUT2D eigenvalue weighted by Gasteiger charge is 2.26. The lowest BCUT2D eigenvalue weighted by molar-refractivity contribution is 0.225. The van der Waals surface area contributed by atoms with Gasteiger partial charge in [0.2, 0.25) is 0 Å². The van der Waals surface area contributed by atoms with Crippen molar-refractivity contribution < 1.29 is 5.11 Å². The zero-order valence-electron chi connectivity index (χ0n) is 8.44. The van der Waals surface area contributed by atoms with Crippen molar-refractivity contribution in [3.05, 3.63) is 52.5 Å². The van der Waals surface area contributed by atoms with Crippen molar-refractivity contribution in [3.63, 3.8) is 0 Å². The molecule has 3 heteroatoms. The van der Waals surface area contributed by atoms with Crippen LogP contribution >= 0.6 is 11.6 Å². The lowest BCUT2D eigenvalue weighted by Gasteiger charge is -2.05. The van der Waals surface area contributed by atoms with Gasteiger partial charge in [-0.2, -0.15) is 0 Å². The maximum absolute atomic E-state index is 10.2. The van der Waals surface area contributed by atoms with Crippen LogP contribution in [-0.4, -0.2) is 5.11 Å². The minimum Gasteiger partial charge on any atom is -0.399 e. The standard InChI is InChI=1S/C13H10ClNO/c14-7-1-3-10-11(5-7)9-4-2-8(15)6-12(9)13(10)16/h1-6,13,16H,15H2. The van der Waals surface area contributed by atoms with Crippen LogP contribution in [0.25, 0.3) is 11.1 Å². The minimum absolute atomic E-state index is 0.592. The van der Waals surface area contributed by atoms with Gasteiger partial charge >= 0.3 is 0 Å². The van der Waals surface area contributed by atoms with Crippen LogP contribution in [0.4, 0.5) is 5.69 Å². The van der Waals surface area contributed by atoms with Crippen molar-refractivity contribution in [2.75, 3.05) is 5.73 Å². The Bertz CT molecular complexity index is 580. The molecule has 0 saturated heterocycles. The number of hydrogen-bond acceptors (Lipinski definition) is 2. The zero-order valence-corrected chi connectivity index (χ0v) is 9.20. The van der Waals surface area contributed by atoms with Gasteiger partial charge in [-0.1, -0.05) is 23.7 Å². The second-order valence-electron chi connectivity index (χ2n) is 3.98. The summed E-state index contributed by atoms with van der Waals surface area (Å²) in [7, 11) is 0. The first kappa shape index (κ1) is 9.70. The summed E-state index contributed by atoms with van der Waals surface area (Å²) in [6, 6.07) is 11.1. The average Bonchev–Trinajstić information content (AvgIpc) is 2.52. The van der Waals surface area contributed by atoms with Gasteiger partial charge in [-0.15, -0.1) is 0 Å². The number of nitrogens with two attached hydrogens (primary N) is 1. The predicted octanol–water partition coefficient (Wildman–Crippen LogP) is 2.98. The molecule has 1 aliphatic carbocycles. The summed E-state index contributed by atoms with van der Waals surface area (Å²) >= 11 is 5.96. The third-order valence-corrected chi connectivity index (χ3v) is 3.21. The molecule has 0 radical (unpaired) electrons. The maximum Gasteiger partial charge on any atom is 0.105 e. The SMILES string of the molecule is Nc1ccc2c(c1)C(O)c1ccc(Cl)cc1-2. The van der Waals surface area contributed by atoms with Crippen LogP contribution in [-0.2, 0) is 0 Å². The molecule has 0 bridgehead atoms. The van der Waals surface area contributed by atoms with E-state index in [1.54, 1.807) is 6.07 Å². The molecule has 0 heterocycles. The average molecular weight is 232 g/mol. The summed E-state index contributed by atoms with van der Waals surface area (Å²) in [6.07, 6.45) is -0.592. The smallest absolute Gasteiger partial charge is 0.105 e. The first-order valence-corrected chi connectivity index (χ1v) is 5.42.